The van der Waals surface area contributed by atoms with Gasteiger partial charge in [0.05, 0.1) is 16.8 Å². The van der Waals surface area contributed by atoms with Crippen LogP contribution in [0.25, 0.3) is 0 Å². The number of anilines is 1. The van der Waals surface area contributed by atoms with Crippen molar-refractivity contribution in [2.75, 3.05) is 19.8 Å². The quantitative estimate of drug-likeness (QED) is 0.663. The van der Waals surface area contributed by atoms with E-state index in [0.29, 0.717) is 0 Å². The molecule has 1 aliphatic heterocycles. The van der Waals surface area contributed by atoms with E-state index in [1.54, 1.807) is 14.1 Å². The van der Waals surface area contributed by atoms with Crippen LogP contribution in [0.2, 0.25) is 0 Å². The van der Waals surface area contributed by atoms with E-state index in [1.807, 2.05) is 27.7 Å². The number of carbonyl (C=O) groups is 1. The highest BCUT2D eigenvalue weighted by Crippen LogP contribution is 2.37. The Morgan fingerprint density at radius 3 is 2.14 bits per heavy atom. The summed E-state index contributed by atoms with van der Waals surface area (Å²) in [7, 11) is 2.21. The monoisotopic (exact) mass is 308 g/mol. The average molecular weight is 308 g/mol. The summed E-state index contributed by atoms with van der Waals surface area (Å²) in [5, 5.41) is 0. The first-order valence-electron chi connectivity index (χ1n) is 7.13. The summed E-state index contributed by atoms with van der Waals surface area (Å²) in [6.07, 6.45) is 0. The maximum absolute atomic E-state index is 14.8. The number of nitrogens with two attached hydrogens (primary N) is 1. The van der Waals surface area contributed by atoms with Gasteiger partial charge in [0, 0.05) is 25.2 Å². The molecule has 1 aliphatic rings. The van der Waals surface area contributed by atoms with Crippen molar-refractivity contribution in [3.8, 4) is 0 Å². The molecule has 1 fully saturated rings. The fraction of sp³-hybridized carbons (Fsp3) is 0.533. The molecule has 5 nitrogen and oxygen atoms in total. The third kappa shape index (κ3) is 2.59. The van der Waals surface area contributed by atoms with Crippen molar-refractivity contribution < 1.29 is 18.5 Å². The number of hydrogen-bond acceptors (Lipinski definition) is 4. The van der Waals surface area contributed by atoms with E-state index in [1.165, 1.54) is 17.0 Å². The summed E-state index contributed by atoms with van der Waals surface area (Å²) in [6.45, 7) is 7.53. The largest absolute Gasteiger partial charge is 0.497 e. The van der Waals surface area contributed by atoms with Gasteiger partial charge in [0.15, 0.2) is 0 Å². The third-order valence-electron chi connectivity index (χ3n) is 4.33. The van der Waals surface area contributed by atoms with Crippen LogP contribution in [0.15, 0.2) is 12.1 Å². The molecule has 1 heterocycles. The van der Waals surface area contributed by atoms with Crippen LogP contribution < -0.4 is 11.2 Å². The molecular formula is C15H22BFN2O3. The number of benzene rings is 1. The number of hydrogen-bond donors (Lipinski definition) is 1. The summed E-state index contributed by atoms with van der Waals surface area (Å²) in [4.78, 5) is 13.4. The summed E-state index contributed by atoms with van der Waals surface area (Å²) < 4.78 is 26.5. The highest BCUT2D eigenvalue weighted by molar-refractivity contribution is 6.62. The molecule has 7 heteroatoms. The van der Waals surface area contributed by atoms with Gasteiger partial charge in [-0.1, -0.05) is 6.07 Å². The van der Waals surface area contributed by atoms with Gasteiger partial charge >= 0.3 is 7.12 Å². The SMILES string of the molecule is CN(C)C(=O)c1c(N)ccc(B2OC(C)(C)C(C)(C)O2)c1F. The number of nitrogen functional groups attached to an aromatic ring is 1. The molecule has 2 N–H and O–H groups in total. The van der Waals surface area contributed by atoms with Crippen LogP contribution in [0.5, 0.6) is 0 Å². The fourth-order valence-electron chi connectivity index (χ4n) is 2.20. The smallest absolute Gasteiger partial charge is 0.399 e. The normalized spacial score (nSPS) is 19.3. The first-order chi connectivity index (χ1) is 9.98. The van der Waals surface area contributed by atoms with Crippen LogP contribution in [0, 0.1) is 5.82 Å². The molecule has 0 aliphatic carbocycles. The standard InChI is InChI=1S/C15H22BFN2O3/c1-14(2)15(3,4)22-16(21-14)9-7-8-10(18)11(12(9)17)13(20)19(5)6/h7-8H,18H2,1-6H3. The van der Waals surface area contributed by atoms with Crippen molar-refractivity contribution in [1.29, 1.82) is 0 Å². The lowest BCUT2D eigenvalue weighted by Crippen LogP contribution is -2.41. The molecule has 0 atom stereocenters. The molecule has 1 aromatic rings. The van der Waals surface area contributed by atoms with Crippen molar-refractivity contribution in [2.45, 2.75) is 38.9 Å². The summed E-state index contributed by atoms with van der Waals surface area (Å²) in [5.41, 5.74) is 4.71. The molecule has 0 spiro atoms. The Morgan fingerprint density at radius 2 is 1.68 bits per heavy atom. The summed E-state index contributed by atoms with van der Waals surface area (Å²) >= 11 is 0. The van der Waals surface area contributed by atoms with E-state index in [9.17, 15) is 9.18 Å². The van der Waals surface area contributed by atoms with Gasteiger partial charge in [-0.25, -0.2) is 4.39 Å². The van der Waals surface area contributed by atoms with Crippen LogP contribution in [0.3, 0.4) is 0 Å². The van der Waals surface area contributed by atoms with Gasteiger partial charge in [0.1, 0.15) is 5.82 Å². The van der Waals surface area contributed by atoms with Gasteiger partial charge in [0.2, 0.25) is 0 Å². The molecule has 0 aromatic heterocycles. The van der Waals surface area contributed by atoms with E-state index in [2.05, 4.69) is 0 Å². The highest BCUT2D eigenvalue weighted by Gasteiger charge is 2.52. The van der Waals surface area contributed by atoms with Crippen LogP contribution in [-0.2, 0) is 9.31 Å². The molecule has 120 valence electrons. The Labute approximate surface area is 130 Å². The Kier molecular flexibility index (Phi) is 4.00. The maximum atomic E-state index is 14.8. The van der Waals surface area contributed by atoms with Crippen molar-refractivity contribution in [2.24, 2.45) is 0 Å². The van der Waals surface area contributed by atoms with Gasteiger partial charge in [-0.05, 0) is 33.8 Å². The van der Waals surface area contributed by atoms with Gasteiger partial charge < -0.3 is 19.9 Å². The number of halogens is 1. The maximum Gasteiger partial charge on any atom is 0.497 e. The zero-order valence-corrected chi connectivity index (χ0v) is 13.9. The molecule has 0 radical (unpaired) electrons. The van der Waals surface area contributed by atoms with E-state index >= 15 is 0 Å². The number of nitrogens with zero attached hydrogens (tertiary/aromatic N) is 1. The average Bonchev–Trinajstić information content (AvgIpc) is 2.57. The minimum Gasteiger partial charge on any atom is -0.399 e. The Balaban J connectivity index is 2.47. The predicted molar refractivity (Wildman–Crippen MR) is 84.5 cm³/mol. The van der Waals surface area contributed by atoms with E-state index in [4.69, 9.17) is 15.0 Å². The first-order valence-corrected chi connectivity index (χ1v) is 7.13. The number of rotatable bonds is 2. The predicted octanol–water partition coefficient (Wildman–Crippen LogP) is 1.41. The summed E-state index contributed by atoms with van der Waals surface area (Å²) in [5.74, 6) is -1.19. The van der Waals surface area contributed by atoms with Crippen molar-refractivity contribution in [1.82, 2.24) is 4.90 Å². The van der Waals surface area contributed by atoms with Gasteiger partial charge in [0.25, 0.3) is 5.91 Å². The fourth-order valence-corrected chi connectivity index (χ4v) is 2.20. The van der Waals surface area contributed by atoms with E-state index in [0.717, 1.165) is 0 Å². The molecule has 22 heavy (non-hydrogen) atoms. The molecule has 0 saturated carbocycles. The van der Waals surface area contributed by atoms with Crippen LogP contribution >= 0.6 is 0 Å². The van der Waals surface area contributed by atoms with Gasteiger partial charge in [-0.15, -0.1) is 0 Å². The highest BCUT2D eigenvalue weighted by atomic mass is 19.1. The van der Waals surface area contributed by atoms with Crippen LogP contribution in [0.1, 0.15) is 38.1 Å². The summed E-state index contributed by atoms with van der Waals surface area (Å²) in [6, 6.07) is 3.00. The molecule has 0 bridgehead atoms. The molecule has 2 rings (SSSR count). The first kappa shape index (κ1) is 16.8. The second-order valence-corrected chi connectivity index (χ2v) is 6.72. The topological polar surface area (TPSA) is 64.8 Å². The van der Waals surface area contributed by atoms with Gasteiger partial charge in [-0.3, -0.25) is 4.79 Å². The van der Waals surface area contributed by atoms with E-state index < -0.39 is 30.0 Å². The molecule has 1 amide bonds. The van der Waals surface area contributed by atoms with E-state index in [-0.39, 0.29) is 16.7 Å². The molecule has 1 aromatic carbocycles. The minimum atomic E-state index is -0.876. The van der Waals surface area contributed by atoms with Crippen LogP contribution in [-0.4, -0.2) is 43.2 Å². The lowest BCUT2D eigenvalue weighted by molar-refractivity contribution is 0.00578. The third-order valence-corrected chi connectivity index (χ3v) is 4.33. The Hall–Kier alpha value is -1.60. The van der Waals surface area contributed by atoms with Crippen molar-refractivity contribution in [3.05, 3.63) is 23.5 Å². The van der Waals surface area contributed by atoms with Crippen molar-refractivity contribution in [3.63, 3.8) is 0 Å². The number of amides is 1. The number of carbonyl (C=O) groups excluding carboxylic acids is 1. The zero-order valence-electron chi connectivity index (χ0n) is 13.9. The second-order valence-electron chi connectivity index (χ2n) is 6.72. The van der Waals surface area contributed by atoms with Gasteiger partial charge in [-0.2, -0.15) is 0 Å². The minimum absolute atomic E-state index is 0.0940. The molecule has 1 saturated heterocycles. The zero-order chi connectivity index (χ0) is 16.9. The van der Waals surface area contributed by atoms with Crippen LogP contribution in [0.4, 0.5) is 10.1 Å². The lowest BCUT2D eigenvalue weighted by atomic mass is 9.77. The Morgan fingerprint density at radius 1 is 1.18 bits per heavy atom. The second kappa shape index (κ2) is 5.24. The molecular weight excluding hydrogens is 286 g/mol. The lowest BCUT2D eigenvalue weighted by Gasteiger charge is -2.32. The Bertz CT molecular complexity index is 601. The molecule has 0 unspecified atom stereocenters. The van der Waals surface area contributed by atoms with Crippen molar-refractivity contribution >= 4 is 24.2 Å².